The second kappa shape index (κ2) is 5.72. The van der Waals surface area contributed by atoms with Crippen LogP contribution in [0.25, 0.3) is 0 Å². The molecule has 1 heterocycles. The Bertz CT molecular complexity index is 426. The number of halogens is 1. The first-order valence-corrected chi connectivity index (χ1v) is 6.72. The molecule has 4 heteroatoms. The van der Waals surface area contributed by atoms with Crippen LogP contribution in [-0.4, -0.2) is 36.0 Å². The number of carbonyl (C=O) groups is 1. The van der Waals surface area contributed by atoms with E-state index in [1.54, 1.807) is 0 Å². The summed E-state index contributed by atoms with van der Waals surface area (Å²) in [5, 5.41) is 4.01. The van der Waals surface area contributed by atoms with Crippen LogP contribution in [-0.2, 0) is 11.2 Å². The van der Waals surface area contributed by atoms with Crippen LogP contribution in [0.4, 0.5) is 0 Å². The molecule has 0 bridgehead atoms. The third kappa shape index (κ3) is 3.03. The van der Waals surface area contributed by atoms with Crippen molar-refractivity contribution in [2.45, 2.75) is 32.4 Å². The molecule has 2 unspecified atom stereocenters. The fourth-order valence-corrected chi connectivity index (χ4v) is 2.75. The van der Waals surface area contributed by atoms with Gasteiger partial charge < -0.3 is 10.2 Å². The number of nitrogens with zero attached hydrogens (tertiary/aromatic N) is 1. The van der Waals surface area contributed by atoms with Gasteiger partial charge in [0.05, 0.1) is 6.42 Å². The van der Waals surface area contributed by atoms with Gasteiger partial charge in [0, 0.05) is 30.2 Å². The van der Waals surface area contributed by atoms with Crippen molar-refractivity contribution >= 4 is 17.5 Å². The lowest BCUT2D eigenvalue weighted by atomic mass is 10.1. The van der Waals surface area contributed by atoms with E-state index in [9.17, 15) is 4.79 Å². The summed E-state index contributed by atoms with van der Waals surface area (Å²) in [5.41, 5.74) is 0.977. The van der Waals surface area contributed by atoms with Gasteiger partial charge in [0.2, 0.25) is 5.91 Å². The number of hydrogen-bond acceptors (Lipinski definition) is 2. The lowest BCUT2D eigenvalue weighted by molar-refractivity contribution is -0.135. The van der Waals surface area contributed by atoms with E-state index < -0.39 is 0 Å². The molecule has 0 radical (unpaired) electrons. The van der Waals surface area contributed by atoms with Gasteiger partial charge in [-0.1, -0.05) is 23.7 Å². The molecule has 0 spiro atoms. The molecular weight excluding hydrogens is 248 g/mol. The number of piperazine rings is 1. The molecule has 0 aromatic heterocycles. The monoisotopic (exact) mass is 266 g/mol. The average Bonchev–Trinajstić information content (AvgIpc) is 2.28. The molecule has 2 atom stereocenters. The van der Waals surface area contributed by atoms with Crippen molar-refractivity contribution in [3.8, 4) is 0 Å². The van der Waals surface area contributed by atoms with Gasteiger partial charge in [-0.05, 0) is 31.5 Å². The molecule has 2 rings (SSSR count). The zero-order valence-corrected chi connectivity index (χ0v) is 11.6. The summed E-state index contributed by atoms with van der Waals surface area (Å²) in [4.78, 5) is 14.3. The van der Waals surface area contributed by atoms with Crippen molar-refractivity contribution in [3.05, 3.63) is 34.9 Å². The lowest BCUT2D eigenvalue weighted by Crippen LogP contribution is -2.57. The molecular formula is C14H19ClN2O. The highest BCUT2D eigenvalue weighted by Gasteiger charge is 2.28. The van der Waals surface area contributed by atoms with E-state index in [0.717, 1.165) is 18.7 Å². The van der Waals surface area contributed by atoms with Crippen LogP contribution in [0.15, 0.2) is 24.3 Å². The Morgan fingerprint density at radius 1 is 1.39 bits per heavy atom. The van der Waals surface area contributed by atoms with Gasteiger partial charge in [-0.15, -0.1) is 0 Å². The van der Waals surface area contributed by atoms with E-state index in [1.165, 1.54) is 0 Å². The smallest absolute Gasteiger partial charge is 0.227 e. The Balaban J connectivity index is 2.07. The molecule has 0 aliphatic carbocycles. The van der Waals surface area contributed by atoms with Gasteiger partial charge in [-0.2, -0.15) is 0 Å². The van der Waals surface area contributed by atoms with Crippen LogP contribution in [0.2, 0.25) is 5.02 Å². The minimum Gasteiger partial charge on any atom is -0.334 e. The highest BCUT2D eigenvalue weighted by atomic mass is 35.5. The van der Waals surface area contributed by atoms with Crippen LogP contribution in [0.3, 0.4) is 0 Å². The van der Waals surface area contributed by atoms with Crippen molar-refractivity contribution in [3.63, 3.8) is 0 Å². The van der Waals surface area contributed by atoms with Crippen LogP contribution >= 0.6 is 11.6 Å². The number of hydrogen-bond donors (Lipinski definition) is 1. The number of rotatable bonds is 2. The molecule has 1 amide bonds. The van der Waals surface area contributed by atoms with Crippen molar-refractivity contribution in [1.82, 2.24) is 10.2 Å². The van der Waals surface area contributed by atoms with Crippen LogP contribution in [0.1, 0.15) is 19.4 Å². The molecule has 1 aromatic carbocycles. The summed E-state index contributed by atoms with van der Waals surface area (Å²) in [6, 6.07) is 8.01. The van der Waals surface area contributed by atoms with E-state index in [1.807, 2.05) is 29.2 Å². The van der Waals surface area contributed by atoms with Crippen LogP contribution < -0.4 is 5.32 Å². The van der Waals surface area contributed by atoms with Gasteiger partial charge in [0.25, 0.3) is 0 Å². The normalized spacial score (nSPS) is 24.1. The van der Waals surface area contributed by atoms with Crippen molar-refractivity contribution in [1.29, 1.82) is 0 Å². The Kier molecular flexibility index (Phi) is 4.25. The maximum absolute atomic E-state index is 12.4. The number of benzene rings is 1. The highest BCUT2D eigenvalue weighted by molar-refractivity contribution is 6.30. The molecule has 18 heavy (non-hydrogen) atoms. The van der Waals surface area contributed by atoms with Crippen LogP contribution in [0, 0.1) is 0 Å². The first-order valence-electron chi connectivity index (χ1n) is 6.34. The third-order valence-corrected chi connectivity index (χ3v) is 3.60. The molecule has 1 aromatic rings. The van der Waals surface area contributed by atoms with E-state index in [2.05, 4.69) is 19.2 Å². The fraction of sp³-hybridized carbons (Fsp3) is 0.500. The minimum atomic E-state index is 0.179. The molecule has 1 aliphatic heterocycles. The van der Waals surface area contributed by atoms with Crippen molar-refractivity contribution in [2.75, 3.05) is 13.1 Å². The van der Waals surface area contributed by atoms with E-state index in [4.69, 9.17) is 11.6 Å². The first kappa shape index (κ1) is 13.4. The molecule has 1 N–H and O–H groups in total. The second-order valence-electron chi connectivity index (χ2n) is 4.96. The molecule has 0 saturated carbocycles. The lowest BCUT2D eigenvalue weighted by Gasteiger charge is -2.39. The average molecular weight is 267 g/mol. The van der Waals surface area contributed by atoms with E-state index >= 15 is 0 Å². The summed E-state index contributed by atoms with van der Waals surface area (Å²) in [5.74, 6) is 0.179. The maximum atomic E-state index is 12.4. The summed E-state index contributed by atoms with van der Waals surface area (Å²) in [6.07, 6.45) is 0.426. The Labute approximate surface area is 113 Å². The topological polar surface area (TPSA) is 32.3 Å². The summed E-state index contributed by atoms with van der Waals surface area (Å²) in [6.45, 7) is 5.90. The fourth-order valence-electron chi connectivity index (χ4n) is 2.54. The predicted molar refractivity (Wildman–Crippen MR) is 73.8 cm³/mol. The van der Waals surface area contributed by atoms with Gasteiger partial charge in [-0.3, -0.25) is 4.79 Å². The summed E-state index contributed by atoms with van der Waals surface area (Å²) >= 11 is 5.94. The van der Waals surface area contributed by atoms with Gasteiger partial charge >= 0.3 is 0 Å². The first-order chi connectivity index (χ1) is 8.58. The van der Waals surface area contributed by atoms with Crippen LogP contribution in [0.5, 0.6) is 0 Å². The number of amides is 1. The minimum absolute atomic E-state index is 0.179. The van der Waals surface area contributed by atoms with E-state index in [-0.39, 0.29) is 18.0 Å². The quantitative estimate of drug-likeness (QED) is 0.889. The van der Waals surface area contributed by atoms with Gasteiger partial charge in [-0.25, -0.2) is 0 Å². The largest absolute Gasteiger partial charge is 0.334 e. The third-order valence-electron chi connectivity index (χ3n) is 3.36. The number of nitrogens with one attached hydrogen (secondary N) is 1. The SMILES string of the molecule is CC1CNCC(C)N1C(=O)Cc1cccc(Cl)c1. The molecule has 3 nitrogen and oxygen atoms in total. The van der Waals surface area contributed by atoms with Gasteiger partial charge in [0.15, 0.2) is 0 Å². The highest BCUT2D eigenvalue weighted by Crippen LogP contribution is 2.15. The molecule has 1 saturated heterocycles. The Morgan fingerprint density at radius 3 is 2.67 bits per heavy atom. The van der Waals surface area contributed by atoms with Crippen molar-refractivity contribution in [2.24, 2.45) is 0 Å². The predicted octanol–water partition coefficient (Wildman–Crippen LogP) is 2.09. The molecule has 98 valence electrons. The molecule has 1 fully saturated rings. The zero-order valence-electron chi connectivity index (χ0n) is 10.8. The molecule has 1 aliphatic rings. The Morgan fingerprint density at radius 2 is 2.06 bits per heavy atom. The van der Waals surface area contributed by atoms with E-state index in [0.29, 0.717) is 11.4 Å². The second-order valence-corrected chi connectivity index (χ2v) is 5.40. The zero-order chi connectivity index (χ0) is 13.1. The Hall–Kier alpha value is -1.06. The maximum Gasteiger partial charge on any atom is 0.227 e. The van der Waals surface area contributed by atoms with Crippen molar-refractivity contribution < 1.29 is 4.79 Å². The standard InChI is InChI=1S/C14H19ClN2O/c1-10-8-16-9-11(2)17(10)14(18)7-12-4-3-5-13(15)6-12/h3-6,10-11,16H,7-9H2,1-2H3. The summed E-state index contributed by atoms with van der Waals surface area (Å²) in [7, 11) is 0. The van der Waals surface area contributed by atoms with Gasteiger partial charge in [0.1, 0.15) is 0 Å². The number of carbonyl (C=O) groups excluding carboxylic acids is 1. The summed E-state index contributed by atoms with van der Waals surface area (Å²) < 4.78 is 0.